The number of rotatable bonds is 3. The molecule has 0 fully saturated rings. The van der Waals surface area contributed by atoms with Crippen molar-refractivity contribution in [3.63, 3.8) is 0 Å². The van der Waals surface area contributed by atoms with Gasteiger partial charge in [0, 0.05) is 24.0 Å². The van der Waals surface area contributed by atoms with Crippen molar-refractivity contribution in [2.45, 2.75) is 32.3 Å². The van der Waals surface area contributed by atoms with Crippen LogP contribution < -0.4 is 4.74 Å². The summed E-state index contributed by atoms with van der Waals surface area (Å²) in [5.41, 5.74) is 4.37. The minimum atomic E-state index is -0.195. The SMILES string of the molecule is COC(=O)CC[C@@H]1Cc2cc(C#Cc3ccc(C)cc3)ccc2O1. The number of benzene rings is 2. The Morgan fingerprint density at radius 1 is 1.17 bits per heavy atom. The molecule has 3 heteroatoms. The Labute approximate surface area is 142 Å². The number of aryl methyl sites for hydroxylation is 1. The number of carbonyl (C=O) groups excluding carboxylic acids is 1. The number of methoxy groups -OCH3 is 1. The lowest BCUT2D eigenvalue weighted by molar-refractivity contribution is -0.141. The summed E-state index contributed by atoms with van der Waals surface area (Å²) in [6, 6.07) is 14.2. The summed E-state index contributed by atoms with van der Waals surface area (Å²) in [5, 5.41) is 0. The first-order chi connectivity index (χ1) is 11.6. The van der Waals surface area contributed by atoms with Crippen molar-refractivity contribution in [2.24, 2.45) is 0 Å². The van der Waals surface area contributed by atoms with E-state index in [2.05, 4.69) is 41.7 Å². The second-order valence-corrected chi connectivity index (χ2v) is 6.00. The monoisotopic (exact) mass is 320 g/mol. The molecule has 24 heavy (non-hydrogen) atoms. The summed E-state index contributed by atoms with van der Waals surface area (Å²) in [6.07, 6.45) is 1.91. The molecule has 0 saturated carbocycles. The molecule has 0 amide bonds. The molecule has 0 aliphatic carbocycles. The molecule has 1 atom stereocenters. The topological polar surface area (TPSA) is 35.5 Å². The van der Waals surface area contributed by atoms with E-state index < -0.39 is 0 Å². The highest BCUT2D eigenvalue weighted by atomic mass is 16.5. The van der Waals surface area contributed by atoms with Crippen LogP contribution in [0.3, 0.4) is 0 Å². The predicted octanol–water partition coefficient (Wildman–Crippen LogP) is 3.65. The molecule has 0 N–H and O–H groups in total. The van der Waals surface area contributed by atoms with Gasteiger partial charge in [0.05, 0.1) is 7.11 Å². The molecule has 1 heterocycles. The van der Waals surface area contributed by atoms with E-state index in [0.717, 1.165) is 28.9 Å². The van der Waals surface area contributed by atoms with Gasteiger partial charge >= 0.3 is 5.97 Å². The summed E-state index contributed by atoms with van der Waals surface area (Å²) >= 11 is 0. The normalized spacial score (nSPS) is 15.0. The summed E-state index contributed by atoms with van der Waals surface area (Å²) in [5.74, 6) is 7.09. The molecule has 0 bridgehead atoms. The van der Waals surface area contributed by atoms with E-state index >= 15 is 0 Å². The van der Waals surface area contributed by atoms with Gasteiger partial charge in [0.2, 0.25) is 0 Å². The average Bonchev–Trinajstić information content (AvgIpc) is 3.01. The minimum absolute atomic E-state index is 0.0411. The first-order valence-corrected chi connectivity index (χ1v) is 8.09. The molecule has 0 unspecified atom stereocenters. The number of fused-ring (bicyclic) bond motifs is 1. The van der Waals surface area contributed by atoms with Gasteiger partial charge in [-0.25, -0.2) is 0 Å². The van der Waals surface area contributed by atoms with Crippen LogP contribution >= 0.6 is 0 Å². The highest BCUT2D eigenvalue weighted by Crippen LogP contribution is 2.31. The maximum atomic E-state index is 11.2. The number of hydrogen-bond donors (Lipinski definition) is 0. The van der Waals surface area contributed by atoms with Crippen LogP contribution in [0.1, 0.15) is 35.1 Å². The van der Waals surface area contributed by atoms with Crippen molar-refractivity contribution in [3.8, 4) is 17.6 Å². The van der Waals surface area contributed by atoms with Gasteiger partial charge in [-0.15, -0.1) is 0 Å². The number of esters is 1. The minimum Gasteiger partial charge on any atom is -0.490 e. The number of carbonyl (C=O) groups is 1. The van der Waals surface area contributed by atoms with E-state index in [1.165, 1.54) is 12.7 Å². The van der Waals surface area contributed by atoms with Gasteiger partial charge in [-0.2, -0.15) is 0 Å². The fourth-order valence-electron chi connectivity index (χ4n) is 2.72. The van der Waals surface area contributed by atoms with Crippen LogP contribution in [0.2, 0.25) is 0 Å². The van der Waals surface area contributed by atoms with E-state index in [1.807, 2.05) is 24.3 Å². The zero-order valence-corrected chi connectivity index (χ0v) is 14.0. The second-order valence-electron chi connectivity index (χ2n) is 6.00. The van der Waals surface area contributed by atoms with Gasteiger partial charge in [0.1, 0.15) is 11.9 Å². The molecule has 3 rings (SSSR count). The Bertz CT molecular complexity index is 794. The molecule has 2 aromatic rings. The second kappa shape index (κ2) is 7.23. The van der Waals surface area contributed by atoms with E-state index in [9.17, 15) is 4.79 Å². The largest absolute Gasteiger partial charge is 0.490 e. The van der Waals surface area contributed by atoms with Crippen LogP contribution in [-0.2, 0) is 16.0 Å². The fourth-order valence-corrected chi connectivity index (χ4v) is 2.72. The van der Waals surface area contributed by atoms with E-state index in [-0.39, 0.29) is 12.1 Å². The molecule has 1 aliphatic heterocycles. The molecular weight excluding hydrogens is 300 g/mol. The fraction of sp³-hybridized carbons (Fsp3) is 0.286. The lowest BCUT2D eigenvalue weighted by atomic mass is 10.0. The van der Waals surface area contributed by atoms with Gasteiger partial charge in [0.15, 0.2) is 0 Å². The zero-order chi connectivity index (χ0) is 16.9. The zero-order valence-electron chi connectivity index (χ0n) is 14.0. The Morgan fingerprint density at radius 2 is 1.88 bits per heavy atom. The number of hydrogen-bond acceptors (Lipinski definition) is 3. The first-order valence-electron chi connectivity index (χ1n) is 8.09. The molecule has 0 saturated heterocycles. The Kier molecular flexibility index (Phi) is 4.86. The molecule has 0 radical (unpaired) electrons. The molecule has 3 nitrogen and oxygen atoms in total. The van der Waals surface area contributed by atoms with E-state index in [4.69, 9.17) is 4.74 Å². The lowest BCUT2D eigenvalue weighted by Crippen LogP contribution is -2.15. The number of ether oxygens (including phenoxy) is 2. The molecule has 0 spiro atoms. The van der Waals surface area contributed by atoms with E-state index in [0.29, 0.717) is 12.8 Å². The van der Waals surface area contributed by atoms with Gasteiger partial charge < -0.3 is 9.47 Å². The average molecular weight is 320 g/mol. The van der Waals surface area contributed by atoms with Crippen LogP contribution in [0.25, 0.3) is 0 Å². The standard InChI is InChI=1S/C21H20O3/c1-15-3-5-16(6-4-15)7-8-17-9-11-20-18(13-17)14-19(24-20)10-12-21(22)23-2/h3-6,9,11,13,19H,10,12,14H2,1-2H3/t19-/m1/s1. The summed E-state index contributed by atoms with van der Waals surface area (Å²) in [7, 11) is 1.41. The third-order valence-electron chi connectivity index (χ3n) is 4.10. The van der Waals surface area contributed by atoms with Crippen molar-refractivity contribution < 1.29 is 14.3 Å². The highest BCUT2D eigenvalue weighted by molar-refractivity contribution is 5.69. The summed E-state index contributed by atoms with van der Waals surface area (Å²) < 4.78 is 10.6. The van der Waals surface area contributed by atoms with Crippen LogP contribution in [0.4, 0.5) is 0 Å². The third-order valence-corrected chi connectivity index (χ3v) is 4.10. The molecule has 2 aromatic carbocycles. The van der Waals surface area contributed by atoms with Crippen LogP contribution in [-0.4, -0.2) is 19.2 Å². The van der Waals surface area contributed by atoms with Crippen molar-refractivity contribution in [1.82, 2.24) is 0 Å². The van der Waals surface area contributed by atoms with E-state index in [1.54, 1.807) is 0 Å². The van der Waals surface area contributed by atoms with Gasteiger partial charge in [0.25, 0.3) is 0 Å². The van der Waals surface area contributed by atoms with Crippen molar-refractivity contribution in [3.05, 3.63) is 64.7 Å². The maximum absolute atomic E-state index is 11.2. The molecular formula is C21H20O3. The molecule has 0 aromatic heterocycles. The van der Waals surface area contributed by atoms with Gasteiger partial charge in [-0.1, -0.05) is 29.5 Å². The third kappa shape index (κ3) is 3.97. The Balaban J connectivity index is 1.66. The lowest BCUT2D eigenvalue weighted by Gasteiger charge is -2.08. The Hall–Kier alpha value is -2.73. The molecule has 1 aliphatic rings. The van der Waals surface area contributed by atoms with Gasteiger partial charge in [-0.3, -0.25) is 4.79 Å². The highest BCUT2D eigenvalue weighted by Gasteiger charge is 2.23. The predicted molar refractivity (Wildman–Crippen MR) is 93.0 cm³/mol. The summed E-state index contributed by atoms with van der Waals surface area (Å²) in [4.78, 5) is 11.2. The van der Waals surface area contributed by atoms with Crippen molar-refractivity contribution in [2.75, 3.05) is 7.11 Å². The Morgan fingerprint density at radius 3 is 2.62 bits per heavy atom. The smallest absolute Gasteiger partial charge is 0.305 e. The van der Waals surface area contributed by atoms with Crippen LogP contribution in [0.5, 0.6) is 5.75 Å². The van der Waals surface area contributed by atoms with Crippen molar-refractivity contribution in [1.29, 1.82) is 0 Å². The first kappa shape index (κ1) is 16.1. The van der Waals surface area contributed by atoms with Crippen LogP contribution in [0, 0.1) is 18.8 Å². The van der Waals surface area contributed by atoms with Gasteiger partial charge in [-0.05, 0) is 49.2 Å². The van der Waals surface area contributed by atoms with Crippen molar-refractivity contribution >= 4 is 5.97 Å². The molecule has 122 valence electrons. The quantitative estimate of drug-likeness (QED) is 0.640. The maximum Gasteiger partial charge on any atom is 0.305 e. The summed E-state index contributed by atoms with van der Waals surface area (Å²) in [6.45, 7) is 2.06. The van der Waals surface area contributed by atoms with Crippen LogP contribution in [0.15, 0.2) is 42.5 Å².